The first-order valence-corrected chi connectivity index (χ1v) is 4.90. The minimum Gasteiger partial charge on any atom is -0.478 e. The summed E-state index contributed by atoms with van der Waals surface area (Å²) in [6.07, 6.45) is 0. The fourth-order valence-corrected chi connectivity index (χ4v) is 1.53. The molecule has 0 saturated carbocycles. The van der Waals surface area contributed by atoms with E-state index in [2.05, 4.69) is 4.98 Å². The van der Waals surface area contributed by atoms with Crippen LogP contribution in [-0.2, 0) is 0 Å². The Hall–Kier alpha value is -2.56. The number of nitrogen functional groups attached to an aromatic ring is 1. The van der Waals surface area contributed by atoms with Gasteiger partial charge < -0.3 is 15.8 Å². The highest BCUT2D eigenvalue weighted by atomic mass is 16.4. The van der Waals surface area contributed by atoms with E-state index in [0.717, 1.165) is 6.07 Å². The van der Waals surface area contributed by atoms with Gasteiger partial charge in [0.1, 0.15) is 0 Å². The second-order valence-corrected chi connectivity index (χ2v) is 3.58. The molecule has 0 atom stereocenters. The highest BCUT2D eigenvalue weighted by Gasteiger charge is 2.07. The number of carbonyl (C=O) groups is 1. The molecule has 17 heavy (non-hydrogen) atoms. The van der Waals surface area contributed by atoms with Crippen LogP contribution in [0.2, 0.25) is 0 Å². The summed E-state index contributed by atoms with van der Waals surface area (Å²) in [5, 5.41) is 8.86. The molecule has 86 valence electrons. The predicted molar refractivity (Wildman–Crippen MR) is 63.9 cm³/mol. The van der Waals surface area contributed by atoms with Gasteiger partial charge >= 0.3 is 5.97 Å². The number of aromatic carboxylic acids is 1. The van der Waals surface area contributed by atoms with Gasteiger partial charge in [-0.05, 0) is 18.2 Å². The summed E-state index contributed by atoms with van der Waals surface area (Å²) in [7, 11) is 0. The Morgan fingerprint density at radius 3 is 2.65 bits per heavy atom. The van der Waals surface area contributed by atoms with E-state index in [-0.39, 0.29) is 5.56 Å². The van der Waals surface area contributed by atoms with Crippen molar-refractivity contribution in [3.8, 4) is 11.3 Å². The summed E-state index contributed by atoms with van der Waals surface area (Å²) in [5.74, 6) is -1.14. The van der Waals surface area contributed by atoms with Crippen molar-refractivity contribution >= 4 is 11.7 Å². The van der Waals surface area contributed by atoms with Crippen LogP contribution in [0.25, 0.3) is 11.3 Å². The topological polar surface area (TPSA) is 96.2 Å². The molecular formula is C12H10N2O3. The fraction of sp³-hybridized carbons (Fsp3) is 0. The predicted octanol–water partition coefficient (Wildman–Crippen LogP) is 1.32. The van der Waals surface area contributed by atoms with Crippen molar-refractivity contribution in [1.29, 1.82) is 0 Å². The van der Waals surface area contributed by atoms with Crippen LogP contribution in [-0.4, -0.2) is 16.1 Å². The van der Waals surface area contributed by atoms with Crippen LogP contribution in [0.15, 0.2) is 41.2 Å². The molecule has 0 bridgehead atoms. The molecule has 5 heteroatoms. The molecule has 0 spiro atoms. The first-order chi connectivity index (χ1) is 8.06. The van der Waals surface area contributed by atoms with Crippen molar-refractivity contribution in [1.82, 2.24) is 4.98 Å². The van der Waals surface area contributed by atoms with E-state index < -0.39 is 11.5 Å². The van der Waals surface area contributed by atoms with Gasteiger partial charge in [0.05, 0.1) is 5.56 Å². The minimum atomic E-state index is -1.14. The van der Waals surface area contributed by atoms with Gasteiger partial charge in [-0.1, -0.05) is 12.1 Å². The number of carboxylic acid groups (broad SMARTS) is 1. The number of nitrogens with one attached hydrogen (secondary N) is 1. The minimum absolute atomic E-state index is 0.0498. The molecule has 0 saturated heterocycles. The van der Waals surface area contributed by atoms with E-state index in [4.69, 9.17) is 10.8 Å². The van der Waals surface area contributed by atoms with E-state index in [9.17, 15) is 9.59 Å². The Morgan fingerprint density at radius 1 is 1.24 bits per heavy atom. The molecule has 0 amide bonds. The van der Waals surface area contributed by atoms with Crippen LogP contribution in [0.5, 0.6) is 0 Å². The second kappa shape index (κ2) is 4.13. The lowest BCUT2D eigenvalue weighted by atomic mass is 10.1. The van der Waals surface area contributed by atoms with Crippen LogP contribution in [0.1, 0.15) is 10.4 Å². The van der Waals surface area contributed by atoms with Gasteiger partial charge in [0.25, 0.3) is 0 Å². The molecule has 4 N–H and O–H groups in total. The summed E-state index contributed by atoms with van der Waals surface area (Å²) in [4.78, 5) is 24.7. The third-order valence-corrected chi connectivity index (χ3v) is 2.29. The van der Waals surface area contributed by atoms with Crippen LogP contribution in [0.3, 0.4) is 0 Å². The van der Waals surface area contributed by atoms with E-state index in [0.29, 0.717) is 16.9 Å². The summed E-state index contributed by atoms with van der Waals surface area (Å²) in [6.45, 7) is 0. The Kier molecular flexibility index (Phi) is 2.66. The lowest BCUT2D eigenvalue weighted by molar-refractivity contribution is 0.0696. The first kappa shape index (κ1) is 10.9. The zero-order valence-corrected chi connectivity index (χ0v) is 8.81. The number of carboxylic acids is 1. The van der Waals surface area contributed by atoms with Crippen LogP contribution in [0.4, 0.5) is 5.69 Å². The monoisotopic (exact) mass is 230 g/mol. The Labute approximate surface area is 96.5 Å². The van der Waals surface area contributed by atoms with Crippen molar-refractivity contribution in [3.05, 3.63) is 52.3 Å². The molecule has 5 nitrogen and oxygen atoms in total. The number of aromatic amines is 1. The van der Waals surface area contributed by atoms with E-state index in [1.165, 1.54) is 6.07 Å². The molecule has 1 aromatic heterocycles. The maximum atomic E-state index is 11.3. The maximum Gasteiger partial charge on any atom is 0.335 e. The number of pyridine rings is 1. The number of nitrogens with two attached hydrogens (primary N) is 1. The SMILES string of the molecule is Nc1cccc(-c2cc(C(=O)O)cc(=O)[nH]2)c1. The largest absolute Gasteiger partial charge is 0.478 e. The molecule has 0 fully saturated rings. The van der Waals surface area contributed by atoms with Crippen molar-refractivity contribution in [2.75, 3.05) is 5.73 Å². The number of hydrogen-bond acceptors (Lipinski definition) is 3. The number of rotatable bonds is 2. The van der Waals surface area contributed by atoms with Crippen LogP contribution >= 0.6 is 0 Å². The molecule has 0 aliphatic carbocycles. The molecule has 0 unspecified atom stereocenters. The smallest absolute Gasteiger partial charge is 0.335 e. The second-order valence-electron chi connectivity index (χ2n) is 3.58. The summed E-state index contributed by atoms with van der Waals surface area (Å²) < 4.78 is 0. The van der Waals surface area contributed by atoms with Gasteiger partial charge in [-0.2, -0.15) is 0 Å². The first-order valence-electron chi connectivity index (χ1n) is 4.90. The van der Waals surface area contributed by atoms with Gasteiger partial charge in [-0.15, -0.1) is 0 Å². The van der Waals surface area contributed by atoms with Gasteiger partial charge in [0.15, 0.2) is 0 Å². The Bertz CT molecular complexity index is 632. The number of anilines is 1. The third kappa shape index (κ3) is 2.34. The highest BCUT2D eigenvalue weighted by Crippen LogP contribution is 2.19. The quantitative estimate of drug-likeness (QED) is 0.678. The van der Waals surface area contributed by atoms with Crippen LogP contribution in [0, 0.1) is 0 Å². The maximum absolute atomic E-state index is 11.3. The van der Waals surface area contributed by atoms with E-state index in [1.54, 1.807) is 24.3 Å². The van der Waals surface area contributed by atoms with Crippen molar-refractivity contribution in [3.63, 3.8) is 0 Å². The average Bonchev–Trinajstić information content (AvgIpc) is 2.28. The summed E-state index contributed by atoms with van der Waals surface area (Å²) >= 11 is 0. The van der Waals surface area contributed by atoms with Crippen LogP contribution < -0.4 is 11.3 Å². The summed E-state index contributed by atoms with van der Waals surface area (Å²) in [6, 6.07) is 9.29. The van der Waals surface area contributed by atoms with E-state index >= 15 is 0 Å². The third-order valence-electron chi connectivity index (χ3n) is 2.29. The molecule has 0 aliphatic heterocycles. The molecule has 0 aliphatic rings. The molecule has 2 aromatic rings. The van der Waals surface area contributed by atoms with E-state index in [1.807, 2.05) is 0 Å². The average molecular weight is 230 g/mol. The zero-order chi connectivity index (χ0) is 12.4. The number of hydrogen-bond donors (Lipinski definition) is 3. The molecule has 0 radical (unpaired) electrons. The lowest BCUT2D eigenvalue weighted by Gasteiger charge is -2.03. The highest BCUT2D eigenvalue weighted by molar-refractivity contribution is 5.88. The van der Waals surface area contributed by atoms with Gasteiger partial charge in [-0.25, -0.2) is 4.79 Å². The Morgan fingerprint density at radius 2 is 2.00 bits per heavy atom. The zero-order valence-electron chi connectivity index (χ0n) is 8.81. The van der Waals surface area contributed by atoms with Gasteiger partial charge in [0.2, 0.25) is 5.56 Å². The normalized spacial score (nSPS) is 10.1. The molecule has 1 aromatic carbocycles. The standard InChI is InChI=1S/C12H10N2O3/c13-9-3-1-2-7(4-9)10-5-8(12(16)17)6-11(15)14-10/h1-6H,13H2,(H,14,15)(H,16,17). The fourth-order valence-electron chi connectivity index (χ4n) is 1.53. The summed E-state index contributed by atoms with van der Waals surface area (Å²) in [5.41, 5.74) is 6.77. The molecule has 2 rings (SSSR count). The number of benzene rings is 1. The van der Waals surface area contributed by atoms with Gasteiger partial charge in [-0.3, -0.25) is 4.79 Å². The number of H-pyrrole nitrogens is 1. The molecular weight excluding hydrogens is 220 g/mol. The molecule has 1 heterocycles. The lowest BCUT2D eigenvalue weighted by Crippen LogP contribution is -2.10. The van der Waals surface area contributed by atoms with Crippen molar-refractivity contribution in [2.45, 2.75) is 0 Å². The number of aromatic nitrogens is 1. The Balaban J connectivity index is 2.60. The van der Waals surface area contributed by atoms with Crippen molar-refractivity contribution in [2.24, 2.45) is 0 Å². The van der Waals surface area contributed by atoms with Crippen molar-refractivity contribution < 1.29 is 9.90 Å². The van der Waals surface area contributed by atoms with Gasteiger partial charge in [0, 0.05) is 23.0 Å².